The molecule has 2 nitrogen and oxygen atoms in total. The molecule has 20 heavy (non-hydrogen) atoms. The molecule has 0 amide bonds. The van der Waals surface area contributed by atoms with Crippen molar-refractivity contribution >= 4 is 27.3 Å². The minimum absolute atomic E-state index is 0.276. The Morgan fingerprint density at radius 3 is 2.90 bits per heavy atom. The summed E-state index contributed by atoms with van der Waals surface area (Å²) in [5, 5.41) is 3.30. The Morgan fingerprint density at radius 1 is 1.35 bits per heavy atom. The third kappa shape index (κ3) is 4.04. The summed E-state index contributed by atoms with van der Waals surface area (Å²) in [6.07, 6.45) is 0. The SMILES string of the molecule is CCNCc1cc(COc2cc(Br)ccc2F)c(C)s1. The van der Waals surface area contributed by atoms with Gasteiger partial charge in [-0.3, -0.25) is 0 Å². The van der Waals surface area contributed by atoms with Crippen LogP contribution in [0.3, 0.4) is 0 Å². The van der Waals surface area contributed by atoms with Crippen molar-refractivity contribution in [1.29, 1.82) is 0 Å². The van der Waals surface area contributed by atoms with Crippen LogP contribution in [0.1, 0.15) is 22.2 Å². The highest BCUT2D eigenvalue weighted by Crippen LogP contribution is 2.26. The van der Waals surface area contributed by atoms with Crippen molar-refractivity contribution < 1.29 is 9.13 Å². The van der Waals surface area contributed by atoms with Crippen LogP contribution in [0, 0.1) is 12.7 Å². The minimum atomic E-state index is -0.339. The quantitative estimate of drug-likeness (QED) is 0.812. The van der Waals surface area contributed by atoms with Crippen LogP contribution in [0.15, 0.2) is 28.7 Å². The molecular weight excluding hydrogens is 341 g/mol. The number of halogens is 2. The van der Waals surface area contributed by atoms with Crippen molar-refractivity contribution in [1.82, 2.24) is 5.32 Å². The zero-order valence-electron chi connectivity index (χ0n) is 11.5. The normalized spacial score (nSPS) is 10.8. The van der Waals surface area contributed by atoms with E-state index in [4.69, 9.17) is 4.74 Å². The number of aryl methyl sites for hydroxylation is 1. The average Bonchev–Trinajstić information content (AvgIpc) is 2.78. The first-order valence-corrected chi connectivity index (χ1v) is 8.08. The van der Waals surface area contributed by atoms with E-state index in [2.05, 4.69) is 41.2 Å². The summed E-state index contributed by atoms with van der Waals surface area (Å²) in [5.74, 6) is -0.0628. The molecule has 0 atom stereocenters. The molecule has 0 spiro atoms. The summed E-state index contributed by atoms with van der Waals surface area (Å²) in [5.41, 5.74) is 1.11. The van der Waals surface area contributed by atoms with Gasteiger partial charge in [-0.25, -0.2) is 4.39 Å². The van der Waals surface area contributed by atoms with Crippen LogP contribution in [0.4, 0.5) is 4.39 Å². The van der Waals surface area contributed by atoms with E-state index in [1.807, 2.05) is 0 Å². The molecule has 0 aliphatic carbocycles. The fourth-order valence-electron chi connectivity index (χ4n) is 1.81. The second-order valence-corrected chi connectivity index (χ2v) is 6.69. The van der Waals surface area contributed by atoms with Crippen molar-refractivity contribution in [2.45, 2.75) is 27.0 Å². The van der Waals surface area contributed by atoms with Crippen LogP contribution >= 0.6 is 27.3 Å². The van der Waals surface area contributed by atoms with E-state index in [1.165, 1.54) is 15.8 Å². The molecule has 1 aromatic carbocycles. The van der Waals surface area contributed by atoms with Gasteiger partial charge in [0.2, 0.25) is 0 Å². The topological polar surface area (TPSA) is 21.3 Å². The summed E-state index contributed by atoms with van der Waals surface area (Å²) < 4.78 is 20.0. The fourth-order valence-corrected chi connectivity index (χ4v) is 3.17. The van der Waals surface area contributed by atoms with Gasteiger partial charge in [0.15, 0.2) is 11.6 Å². The molecule has 0 bridgehead atoms. The Bertz CT molecular complexity index is 585. The Labute approximate surface area is 131 Å². The Kier molecular flexibility index (Phi) is 5.57. The molecule has 1 aromatic heterocycles. The lowest BCUT2D eigenvalue weighted by Crippen LogP contribution is -2.10. The zero-order chi connectivity index (χ0) is 14.5. The molecule has 0 fully saturated rings. The molecule has 2 rings (SSSR count). The lowest BCUT2D eigenvalue weighted by molar-refractivity contribution is 0.290. The van der Waals surface area contributed by atoms with Crippen LogP contribution in [0.25, 0.3) is 0 Å². The van der Waals surface area contributed by atoms with E-state index in [0.29, 0.717) is 6.61 Å². The fraction of sp³-hybridized carbons (Fsp3) is 0.333. The van der Waals surface area contributed by atoms with Gasteiger partial charge >= 0.3 is 0 Å². The third-order valence-corrected chi connectivity index (χ3v) is 4.48. The number of nitrogens with one attached hydrogen (secondary N) is 1. The van der Waals surface area contributed by atoms with Gasteiger partial charge in [0.25, 0.3) is 0 Å². The summed E-state index contributed by atoms with van der Waals surface area (Å²) in [6.45, 7) is 6.36. The first-order chi connectivity index (χ1) is 9.60. The molecule has 0 aliphatic rings. The van der Waals surface area contributed by atoms with Gasteiger partial charge in [0.1, 0.15) is 6.61 Å². The van der Waals surface area contributed by atoms with E-state index < -0.39 is 0 Å². The van der Waals surface area contributed by atoms with E-state index in [-0.39, 0.29) is 11.6 Å². The highest BCUT2D eigenvalue weighted by molar-refractivity contribution is 9.10. The van der Waals surface area contributed by atoms with E-state index in [0.717, 1.165) is 23.1 Å². The van der Waals surface area contributed by atoms with E-state index >= 15 is 0 Å². The molecular formula is C15H17BrFNOS. The van der Waals surface area contributed by atoms with Gasteiger partial charge in [-0.05, 0) is 37.7 Å². The molecule has 108 valence electrons. The summed E-state index contributed by atoms with van der Waals surface area (Å²) in [4.78, 5) is 2.49. The number of benzene rings is 1. The second-order valence-electron chi connectivity index (χ2n) is 4.44. The van der Waals surface area contributed by atoms with Gasteiger partial charge in [-0.1, -0.05) is 22.9 Å². The number of rotatable bonds is 6. The van der Waals surface area contributed by atoms with Crippen molar-refractivity contribution in [3.05, 3.63) is 49.9 Å². The zero-order valence-corrected chi connectivity index (χ0v) is 13.9. The summed E-state index contributed by atoms with van der Waals surface area (Å²) >= 11 is 5.07. The number of ether oxygens (including phenoxy) is 1. The lowest BCUT2D eigenvalue weighted by atomic mass is 10.2. The summed E-state index contributed by atoms with van der Waals surface area (Å²) in [6, 6.07) is 6.83. The maximum atomic E-state index is 13.6. The van der Waals surface area contributed by atoms with Crippen molar-refractivity contribution in [2.24, 2.45) is 0 Å². The lowest BCUT2D eigenvalue weighted by Gasteiger charge is -2.07. The summed E-state index contributed by atoms with van der Waals surface area (Å²) in [7, 11) is 0. The van der Waals surface area contributed by atoms with Crippen molar-refractivity contribution in [3.8, 4) is 5.75 Å². The van der Waals surface area contributed by atoms with Crippen molar-refractivity contribution in [2.75, 3.05) is 6.54 Å². The molecule has 1 N–H and O–H groups in total. The van der Waals surface area contributed by atoms with Crippen LogP contribution < -0.4 is 10.1 Å². The minimum Gasteiger partial charge on any atom is -0.486 e. The number of thiophene rings is 1. The van der Waals surface area contributed by atoms with Crippen LogP contribution in [-0.2, 0) is 13.2 Å². The Morgan fingerprint density at radius 2 is 2.15 bits per heavy atom. The molecule has 2 aromatic rings. The highest BCUT2D eigenvalue weighted by atomic mass is 79.9. The molecule has 1 heterocycles. The first-order valence-electron chi connectivity index (χ1n) is 6.47. The standard InChI is InChI=1S/C15H17BrFNOS/c1-3-18-8-13-6-11(10(2)20-13)9-19-15-7-12(16)4-5-14(15)17/h4-7,18H,3,8-9H2,1-2H3. The number of hydrogen-bond donors (Lipinski definition) is 1. The predicted octanol–water partition coefficient (Wildman–Crippen LogP) is 4.65. The Hall–Kier alpha value is -0.910. The van der Waals surface area contributed by atoms with Crippen LogP contribution in [-0.4, -0.2) is 6.54 Å². The molecule has 0 saturated carbocycles. The van der Waals surface area contributed by atoms with Gasteiger partial charge in [-0.15, -0.1) is 11.3 Å². The molecule has 0 saturated heterocycles. The maximum absolute atomic E-state index is 13.6. The second kappa shape index (κ2) is 7.20. The van der Waals surface area contributed by atoms with Gasteiger partial charge < -0.3 is 10.1 Å². The van der Waals surface area contributed by atoms with Crippen molar-refractivity contribution in [3.63, 3.8) is 0 Å². The Balaban J connectivity index is 2.03. The number of hydrogen-bond acceptors (Lipinski definition) is 3. The van der Waals surface area contributed by atoms with Crippen LogP contribution in [0.5, 0.6) is 5.75 Å². The van der Waals surface area contributed by atoms with E-state index in [9.17, 15) is 4.39 Å². The smallest absolute Gasteiger partial charge is 0.165 e. The average molecular weight is 358 g/mol. The van der Waals surface area contributed by atoms with Gasteiger partial charge in [-0.2, -0.15) is 0 Å². The van der Waals surface area contributed by atoms with E-state index in [1.54, 1.807) is 23.5 Å². The van der Waals surface area contributed by atoms with Gasteiger partial charge in [0.05, 0.1) is 0 Å². The molecule has 0 radical (unpaired) electrons. The van der Waals surface area contributed by atoms with Crippen LogP contribution in [0.2, 0.25) is 0 Å². The largest absolute Gasteiger partial charge is 0.486 e. The molecule has 0 unspecified atom stereocenters. The monoisotopic (exact) mass is 357 g/mol. The maximum Gasteiger partial charge on any atom is 0.165 e. The molecule has 0 aliphatic heterocycles. The highest BCUT2D eigenvalue weighted by Gasteiger charge is 2.08. The van der Waals surface area contributed by atoms with Gasteiger partial charge in [0, 0.05) is 26.3 Å². The predicted molar refractivity (Wildman–Crippen MR) is 84.9 cm³/mol. The third-order valence-electron chi connectivity index (χ3n) is 2.90. The first kappa shape index (κ1) is 15.5. The molecule has 5 heteroatoms.